The molecule has 0 heterocycles. The van der Waals surface area contributed by atoms with Gasteiger partial charge in [0.2, 0.25) is 12.3 Å². The number of carbonyl (C=O) groups is 3. The van der Waals surface area contributed by atoms with Gasteiger partial charge in [0.1, 0.15) is 12.1 Å². The van der Waals surface area contributed by atoms with Crippen molar-refractivity contribution in [3.63, 3.8) is 0 Å². The minimum absolute atomic E-state index is 0.287. The number of nitrogens with zero attached hydrogens (tertiary/aromatic N) is 1. The fourth-order valence-corrected chi connectivity index (χ4v) is 1.09. The molecule has 2 amide bonds. The van der Waals surface area contributed by atoms with E-state index in [2.05, 4.69) is 5.32 Å². The molecule has 0 rings (SSSR count). The quantitative estimate of drug-likeness (QED) is 0.583. The number of rotatable bonds is 6. The molecule has 0 radical (unpaired) electrons. The van der Waals surface area contributed by atoms with Gasteiger partial charge in [0, 0.05) is 6.54 Å². The standard InChI is InChI=1S/C9H16N2O4/c1-4-11(5-7(13)14)8(15)9(2,3)10-6-12/h6H,4-5H2,1-3H3,(H,10,12)(H,13,14). The maximum absolute atomic E-state index is 11.8. The number of amides is 2. The third-order valence-electron chi connectivity index (χ3n) is 1.95. The summed E-state index contributed by atoms with van der Waals surface area (Å²) >= 11 is 0. The van der Waals surface area contributed by atoms with E-state index < -0.39 is 17.4 Å². The van der Waals surface area contributed by atoms with Gasteiger partial charge in [0.15, 0.2) is 0 Å². The van der Waals surface area contributed by atoms with E-state index >= 15 is 0 Å². The van der Waals surface area contributed by atoms with Crippen LogP contribution in [0.25, 0.3) is 0 Å². The van der Waals surface area contributed by atoms with Crippen molar-refractivity contribution >= 4 is 18.3 Å². The van der Waals surface area contributed by atoms with Crippen molar-refractivity contribution in [1.29, 1.82) is 0 Å². The van der Waals surface area contributed by atoms with Crippen molar-refractivity contribution in [2.24, 2.45) is 0 Å². The highest BCUT2D eigenvalue weighted by molar-refractivity contribution is 5.89. The van der Waals surface area contributed by atoms with Crippen molar-refractivity contribution in [2.45, 2.75) is 26.3 Å². The SMILES string of the molecule is CCN(CC(=O)O)C(=O)C(C)(C)NC=O. The van der Waals surface area contributed by atoms with Crippen LogP contribution in [0.3, 0.4) is 0 Å². The Morgan fingerprint density at radius 2 is 2.00 bits per heavy atom. The zero-order chi connectivity index (χ0) is 12.1. The molecule has 0 aliphatic carbocycles. The number of carboxylic acid groups (broad SMARTS) is 1. The van der Waals surface area contributed by atoms with Crippen LogP contribution >= 0.6 is 0 Å². The number of hydrogen-bond acceptors (Lipinski definition) is 3. The highest BCUT2D eigenvalue weighted by atomic mass is 16.4. The Labute approximate surface area is 88.2 Å². The van der Waals surface area contributed by atoms with Crippen LogP contribution in [-0.2, 0) is 14.4 Å². The predicted molar refractivity (Wildman–Crippen MR) is 53.2 cm³/mol. The lowest BCUT2D eigenvalue weighted by atomic mass is 10.0. The summed E-state index contributed by atoms with van der Waals surface area (Å²) in [5.74, 6) is -1.49. The van der Waals surface area contributed by atoms with Crippen LogP contribution in [-0.4, -0.2) is 46.9 Å². The van der Waals surface area contributed by atoms with Crippen LogP contribution < -0.4 is 5.32 Å². The molecule has 0 aromatic rings. The van der Waals surface area contributed by atoms with Gasteiger partial charge in [-0.1, -0.05) is 0 Å². The molecule has 0 unspecified atom stereocenters. The normalized spacial score (nSPS) is 10.6. The Morgan fingerprint density at radius 1 is 1.47 bits per heavy atom. The molecule has 86 valence electrons. The molecule has 0 aliphatic heterocycles. The van der Waals surface area contributed by atoms with Crippen LogP contribution in [0.4, 0.5) is 0 Å². The molecular weight excluding hydrogens is 200 g/mol. The Kier molecular flexibility index (Phi) is 4.77. The molecule has 6 heteroatoms. The molecule has 0 saturated heterocycles. The summed E-state index contributed by atoms with van der Waals surface area (Å²) in [5, 5.41) is 10.9. The first-order valence-electron chi connectivity index (χ1n) is 4.57. The van der Waals surface area contributed by atoms with Gasteiger partial charge < -0.3 is 15.3 Å². The molecule has 0 fully saturated rings. The molecule has 0 spiro atoms. The molecule has 0 saturated carbocycles. The van der Waals surface area contributed by atoms with E-state index in [0.717, 1.165) is 0 Å². The van der Waals surface area contributed by atoms with Crippen molar-refractivity contribution in [3.8, 4) is 0 Å². The number of hydrogen-bond donors (Lipinski definition) is 2. The lowest BCUT2D eigenvalue weighted by Gasteiger charge is -2.29. The van der Waals surface area contributed by atoms with E-state index in [9.17, 15) is 14.4 Å². The van der Waals surface area contributed by atoms with Crippen LogP contribution in [0.5, 0.6) is 0 Å². The van der Waals surface area contributed by atoms with E-state index in [0.29, 0.717) is 6.41 Å². The van der Waals surface area contributed by atoms with Gasteiger partial charge in [0.05, 0.1) is 0 Å². The largest absolute Gasteiger partial charge is 0.480 e. The predicted octanol–water partition coefficient (Wildman–Crippen LogP) is -0.556. The summed E-state index contributed by atoms with van der Waals surface area (Å²) in [6.07, 6.45) is 0.423. The van der Waals surface area contributed by atoms with Gasteiger partial charge in [-0.2, -0.15) is 0 Å². The maximum Gasteiger partial charge on any atom is 0.323 e. The van der Waals surface area contributed by atoms with Crippen LogP contribution in [0, 0.1) is 0 Å². The summed E-state index contributed by atoms with van der Waals surface area (Å²) in [4.78, 5) is 33.7. The van der Waals surface area contributed by atoms with Crippen molar-refractivity contribution in [1.82, 2.24) is 10.2 Å². The second-order valence-corrected chi connectivity index (χ2v) is 3.60. The molecule has 0 atom stereocenters. The van der Waals surface area contributed by atoms with E-state index in [4.69, 9.17) is 5.11 Å². The van der Waals surface area contributed by atoms with Gasteiger partial charge in [-0.25, -0.2) is 0 Å². The van der Waals surface area contributed by atoms with Gasteiger partial charge in [-0.05, 0) is 20.8 Å². The van der Waals surface area contributed by atoms with Gasteiger partial charge in [0.25, 0.3) is 0 Å². The molecule has 0 aromatic heterocycles. The summed E-state index contributed by atoms with van der Waals surface area (Å²) < 4.78 is 0. The minimum Gasteiger partial charge on any atom is -0.480 e. The number of aliphatic carboxylic acids is 1. The average Bonchev–Trinajstić information content (AvgIpc) is 2.12. The summed E-state index contributed by atoms with van der Waals surface area (Å²) in [6, 6.07) is 0. The van der Waals surface area contributed by atoms with Crippen LogP contribution in [0.15, 0.2) is 0 Å². The van der Waals surface area contributed by atoms with E-state index in [1.165, 1.54) is 18.7 Å². The Bertz CT molecular complexity index is 263. The molecule has 6 nitrogen and oxygen atoms in total. The molecule has 15 heavy (non-hydrogen) atoms. The zero-order valence-electron chi connectivity index (χ0n) is 9.11. The second-order valence-electron chi connectivity index (χ2n) is 3.60. The first-order chi connectivity index (χ1) is 6.85. The Hall–Kier alpha value is -1.59. The molecule has 0 aliphatic rings. The van der Waals surface area contributed by atoms with Crippen LogP contribution in [0.2, 0.25) is 0 Å². The van der Waals surface area contributed by atoms with E-state index in [1.807, 2.05) is 0 Å². The van der Waals surface area contributed by atoms with E-state index in [-0.39, 0.29) is 13.1 Å². The number of nitrogens with one attached hydrogen (secondary N) is 1. The lowest BCUT2D eigenvalue weighted by molar-refractivity contribution is -0.147. The topological polar surface area (TPSA) is 86.7 Å². The molecule has 0 bridgehead atoms. The molecular formula is C9H16N2O4. The average molecular weight is 216 g/mol. The highest BCUT2D eigenvalue weighted by Crippen LogP contribution is 2.07. The zero-order valence-corrected chi connectivity index (χ0v) is 9.11. The summed E-state index contributed by atoms with van der Waals surface area (Å²) in [5.41, 5.74) is -1.08. The van der Waals surface area contributed by atoms with Gasteiger partial charge in [-0.3, -0.25) is 14.4 Å². The monoisotopic (exact) mass is 216 g/mol. The summed E-state index contributed by atoms with van der Waals surface area (Å²) in [6.45, 7) is 4.65. The third-order valence-corrected chi connectivity index (χ3v) is 1.95. The first-order valence-corrected chi connectivity index (χ1v) is 4.57. The molecule has 0 aromatic carbocycles. The number of carboxylic acids is 1. The molecule has 2 N–H and O–H groups in total. The van der Waals surface area contributed by atoms with Crippen LogP contribution in [0.1, 0.15) is 20.8 Å². The maximum atomic E-state index is 11.8. The fourth-order valence-electron chi connectivity index (χ4n) is 1.09. The van der Waals surface area contributed by atoms with Crippen molar-refractivity contribution in [2.75, 3.05) is 13.1 Å². The minimum atomic E-state index is -1.08. The highest BCUT2D eigenvalue weighted by Gasteiger charge is 2.31. The Balaban J connectivity index is 4.63. The lowest BCUT2D eigenvalue weighted by Crippen LogP contribution is -2.54. The smallest absolute Gasteiger partial charge is 0.323 e. The second kappa shape index (κ2) is 5.33. The Morgan fingerprint density at radius 3 is 2.33 bits per heavy atom. The van der Waals surface area contributed by atoms with Crippen molar-refractivity contribution in [3.05, 3.63) is 0 Å². The number of likely N-dealkylation sites (N-methyl/N-ethyl adjacent to an activating group) is 1. The van der Waals surface area contributed by atoms with Gasteiger partial charge in [-0.15, -0.1) is 0 Å². The van der Waals surface area contributed by atoms with Gasteiger partial charge >= 0.3 is 5.97 Å². The van der Waals surface area contributed by atoms with E-state index in [1.54, 1.807) is 6.92 Å². The number of carbonyl (C=O) groups excluding carboxylic acids is 2. The first kappa shape index (κ1) is 13.4. The van der Waals surface area contributed by atoms with Crippen molar-refractivity contribution < 1.29 is 19.5 Å². The summed E-state index contributed by atoms with van der Waals surface area (Å²) in [7, 11) is 0. The fraction of sp³-hybridized carbons (Fsp3) is 0.667. The third kappa shape index (κ3) is 3.97.